The number of anilines is 1. The van der Waals surface area contributed by atoms with Gasteiger partial charge in [0.05, 0.1) is 6.54 Å². The summed E-state index contributed by atoms with van der Waals surface area (Å²) in [6, 6.07) is 6.48. The van der Waals surface area contributed by atoms with Crippen LogP contribution in [0.15, 0.2) is 45.1 Å². The maximum Gasteiger partial charge on any atom is 0.263 e. The van der Waals surface area contributed by atoms with Crippen LogP contribution in [0.3, 0.4) is 0 Å². The van der Waals surface area contributed by atoms with E-state index in [-0.39, 0.29) is 11.5 Å². The molecule has 0 aliphatic rings. The molecule has 0 spiro atoms. The van der Waals surface area contributed by atoms with E-state index in [4.69, 9.17) is 4.42 Å². The number of hydrogen-bond acceptors (Lipinski definition) is 6. The Morgan fingerprint density at radius 2 is 2.16 bits per heavy atom. The summed E-state index contributed by atoms with van der Waals surface area (Å²) in [6.07, 6.45) is 1.45. The van der Waals surface area contributed by atoms with E-state index < -0.39 is 11.5 Å². The molecule has 0 atom stereocenters. The third kappa shape index (κ3) is 4.01. The van der Waals surface area contributed by atoms with E-state index in [0.717, 1.165) is 0 Å². The van der Waals surface area contributed by atoms with Crippen LogP contribution in [0.5, 0.6) is 0 Å². The summed E-state index contributed by atoms with van der Waals surface area (Å²) >= 11 is 1.22. The standard InChI is InChI=1S/C16H14N4O4S/c1-9(21)18-7-10-4-5-13(24-10)12-8-25-16(19-12)20-15(23)11-3-2-6-17-14(11)22/h2-6,8H,7H2,1H3,(H,17,22)(H,18,21)(H,19,20,23). The lowest BCUT2D eigenvalue weighted by Gasteiger charge is -2.00. The molecule has 0 fully saturated rings. The van der Waals surface area contributed by atoms with Gasteiger partial charge in [-0.25, -0.2) is 4.98 Å². The lowest BCUT2D eigenvalue weighted by molar-refractivity contribution is -0.119. The predicted octanol–water partition coefficient (Wildman–Crippen LogP) is 1.98. The minimum absolute atomic E-state index is 0.00911. The van der Waals surface area contributed by atoms with Gasteiger partial charge in [-0.15, -0.1) is 11.3 Å². The third-order valence-corrected chi connectivity index (χ3v) is 3.97. The van der Waals surface area contributed by atoms with Crippen LogP contribution in [-0.4, -0.2) is 21.8 Å². The number of rotatable bonds is 5. The van der Waals surface area contributed by atoms with Crippen LogP contribution in [0.4, 0.5) is 5.13 Å². The van der Waals surface area contributed by atoms with Crippen molar-refractivity contribution in [2.75, 3.05) is 5.32 Å². The first-order valence-corrected chi connectivity index (χ1v) is 8.19. The Bertz CT molecular complexity index is 972. The fraction of sp³-hybridized carbons (Fsp3) is 0.125. The summed E-state index contributed by atoms with van der Waals surface area (Å²) in [5.74, 6) is 0.440. The molecule has 0 saturated carbocycles. The summed E-state index contributed by atoms with van der Waals surface area (Å²) < 4.78 is 5.60. The van der Waals surface area contributed by atoms with Crippen molar-refractivity contribution in [3.8, 4) is 11.5 Å². The predicted molar refractivity (Wildman–Crippen MR) is 92.4 cm³/mol. The molecular formula is C16H14N4O4S. The highest BCUT2D eigenvalue weighted by Gasteiger charge is 2.14. The summed E-state index contributed by atoms with van der Waals surface area (Å²) in [4.78, 5) is 41.3. The Labute approximate surface area is 145 Å². The van der Waals surface area contributed by atoms with Crippen molar-refractivity contribution in [2.24, 2.45) is 0 Å². The van der Waals surface area contributed by atoms with Gasteiger partial charge in [-0.05, 0) is 24.3 Å². The van der Waals surface area contributed by atoms with Crippen molar-refractivity contribution in [2.45, 2.75) is 13.5 Å². The Morgan fingerprint density at radius 3 is 2.92 bits per heavy atom. The van der Waals surface area contributed by atoms with E-state index in [1.165, 1.54) is 30.5 Å². The molecule has 3 N–H and O–H groups in total. The number of carbonyl (C=O) groups excluding carboxylic acids is 2. The van der Waals surface area contributed by atoms with E-state index in [0.29, 0.717) is 28.9 Å². The van der Waals surface area contributed by atoms with Gasteiger partial charge in [0.15, 0.2) is 10.9 Å². The molecule has 25 heavy (non-hydrogen) atoms. The van der Waals surface area contributed by atoms with E-state index in [2.05, 4.69) is 20.6 Å². The summed E-state index contributed by atoms with van der Waals surface area (Å²) in [6.45, 7) is 1.72. The van der Waals surface area contributed by atoms with Gasteiger partial charge in [-0.2, -0.15) is 0 Å². The second-order valence-electron chi connectivity index (χ2n) is 5.08. The SMILES string of the molecule is CC(=O)NCc1ccc(-c2csc(NC(=O)c3ccc[nH]c3=O)n2)o1. The molecule has 128 valence electrons. The molecule has 0 aliphatic heterocycles. The summed E-state index contributed by atoms with van der Waals surface area (Å²) in [7, 11) is 0. The number of furan rings is 1. The first kappa shape index (κ1) is 16.7. The van der Waals surface area contributed by atoms with Gasteiger partial charge in [0.25, 0.3) is 11.5 Å². The normalized spacial score (nSPS) is 10.4. The largest absolute Gasteiger partial charge is 0.458 e. The van der Waals surface area contributed by atoms with Gasteiger partial charge >= 0.3 is 0 Å². The highest BCUT2D eigenvalue weighted by Crippen LogP contribution is 2.26. The fourth-order valence-electron chi connectivity index (χ4n) is 2.03. The molecular weight excluding hydrogens is 344 g/mol. The maximum atomic E-state index is 12.1. The first-order chi connectivity index (χ1) is 12.0. The van der Waals surface area contributed by atoms with E-state index in [1.807, 2.05) is 0 Å². The van der Waals surface area contributed by atoms with Gasteiger partial charge in [-0.1, -0.05) is 0 Å². The Morgan fingerprint density at radius 1 is 1.32 bits per heavy atom. The van der Waals surface area contributed by atoms with Gasteiger partial charge in [0.2, 0.25) is 5.91 Å². The molecule has 0 radical (unpaired) electrons. The van der Waals surface area contributed by atoms with Gasteiger partial charge in [0, 0.05) is 18.5 Å². The third-order valence-electron chi connectivity index (χ3n) is 3.21. The minimum Gasteiger partial charge on any atom is -0.458 e. The monoisotopic (exact) mass is 358 g/mol. The zero-order chi connectivity index (χ0) is 17.8. The smallest absolute Gasteiger partial charge is 0.263 e. The lowest BCUT2D eigenvalue weighted by Crippen LogP contribution is -2.22. The van der Waals surface area contributed by atoms with Gasteiger partial charge < -0.3 is 14.7 Å². The lowest BCUT2D eigenvalue weighted by atomic mass is 10.3. The zero-order valence-electron chi connectivity index (χ0n) is 13.2. The Balaban J connectivity index is 1.70. The first-order valence-electron chi connectivity index (χ1n) is 7.31. The Hall–Kier alpha value is -3.20. The number of thiazole rings is 1. The van der Waals surface area contributed by atoms with Gasteiger partial charge in [-0.3, -0.25) is 19.7 Å². The highest BCUT2D eigenvalue weighted by atomic mass is 32.1. The van der Waals surface area contributed by atoms with E-state index in [1.54, 1.807) is 23.6 Å². The summed E-state index contributed by atoms with van der Waals surface area (Å²) in [5, 5.41) is 7.31. The van der Waals surface area contributed by atoms with Crippen molar-refractivity contribution in [1.82, 2.24) is 15.3 Å². The number of aromatic amines is 1. The molecule has 0 aromatic carbocycles. The average molecular weight is 358 g/mol. The number of hydrogen-bond donors (Lipinski definition) is 3. The van der Waals surface area contributed by atoms with Crippen LogP contribution in [-0.2, 0) is 11.3 Å². The maximum absolute atomic E-state index is 12.1. The molecule has 3 rings (SSSR count). The van der Waals surface area contributed by atoms with E-state index >= 15 is 0 Å². The number of aromatic nitrogens is 2. The number of H-pyrrole nitrogens is 1. The Kier molecular flexibility index (Phi) is 4.75. The van der Waals surface area contributed by atoms with Crippen molar-refractivity contribution >= 4 is 28.3 Å². The van der Waals surface area contributed by atoms with Crippen molar-refractivity contribution in [1.29, 1.82) is 0 Å². The average Bonchev–Trinajstić information content (AvgIpc) is 3.22. The number of nitrogens with zero attached hydrogens (tertiary/aromatic N) is 1. The van der Waals surface area contributed by atoms with E-state index in [9.17, 15) is 14.4 Å². The quantitative estimate of drug-likeness (QED) is 0.645. The molecule has 9 heteroatoms. The molecule has 2 amide bonds. The van der Waals surface area contributed by atoms with Gasteiger partial charge in [0.1, 0.15) is 17.0 Å². The summed E-state index contributed by atoms with van der Waals surface area (Å²) in [5.41, 5.74) is 0.0941. The van der Waals surface area contributed by atoms with Crippen LogP contribution in [0.2, 0.25) is 0 Å². The number of carbonyl (C=O) groups is 2. The van der Waals surface area contributed by atoms with Crippen molar-refractivity contribution < 1.29 is 14.0 Å². The van der Waals surface area contributed by atoms with Crippen LogP contribution in [0.25, 0.3) is 11.5 Å². The second kappa shape index (κ2) is 7.14. The molecule has 3 aromatic rings. The van der Waals surface area contributed by atoms with Crippen LogP contribution in [0.1, 0.15) is 23.0 Å². The number of pyridine rings is 1. The fourth-order valence-corrected chi connectivity index (χ4v) is 2.73. The van der Waals surface area contributed by atoms with Crippen LogP contribution < -0.4 is 16.2 Å². The highest BCUT2D eigenvalue weighted by molar-refractivity contribution is 7.14. The molecule has 0 saturated heterocycles. The topological polar surface area (TPSA) is 117 Å². The van der Waals surface area contributed by atoms with Crippen LogP contribution >= 0.6 is 11.3 Å². The number of nitrogens with one attached hydrogen (secondary N) is 3. The molecule has 3 heterocycles. The zero-order valence-corrected chi connectivity index (χ0v) is 14.0. The molecule has 8 nitrogen and oxygen atoms in total. The molecule has 3 aromatic heterocycles. The molecule has 0 bridgehead atoms. The molecule has 0 aliphatic carbocycles. The van der Waals surface area contributed by atoms with Crippen molar-refractivity contribution in [3.63, 3.8) is 0 Å². The second-order valence-corrected chi connectivity index (χ2v) is 5.94. The van der Waals surface area contributed by atoms with Crippen molar-refractivity contribution in [3.05, 3.63) is 57.5 Å². The number of amides is 2. The van der Waals surface area contributed by atoms with Crippen LogP contribution in [0, 0.1) is 0 Å². The molecule has 0 unspecified atom stereocenters. The minimum atomic E-state index is -0.534.